The lowest BCUT2D eigenvalue weighted by atomic mass is 10.2. The number of carbonyl (C=O) groups excluding carboxylic acids is 1. The Morgan fingerprint density at radius 1 is 1.17 bits per heavy atom. The van der Waals surface area contributed by atoms with Crippen molar-refractivity contribution in [3.8, 4) is 5.82 Å². The maximum atomic E-state index is 11.4. The van der Waals surface area contributed by atoms with E-state index in [1.807, 2.05) is 54.9 Å². The molecule has 24 heavy (non-hydrogen) atoms. The maximum Gasteiger partial charge on any atom is 0.224 e. The second-order valence-electron chi connectivity index (χ2n) is 5.23. The molecule has 0 unspecified atom stereocenters. The Kier molecular flexibility index (Phi) is 4.51. The fourth-order valence-electron chi connectivity index (χ4n) is 2.18. The van der Waals surface area contributed by atoms with Crippen LogP contribution in [0.3, 0.4) is 0 Å². The van der Waals surface area contributed by atoms with E-state index in [0.29, 0.717) is 18.1 Å². The number of nitrogens with one attached hydrogen (secondary N) is 2. The summed E-state index contributed by atoms with van der Waals surface area (Å²) < 4.78 is 1.82. The Hall–Kier alpha value is -3.22. The van der Waals surface area contributed by atoms with Gasteiger partial charge in [-0.3, -0.25) is 9.36 Å². The van der Waals surface area contributed by atoms with Crippen LogP contribution in [0.4, 0.5) is 17.2 Å². The van der Waals surface area contributed by atoms with Crippen LogP contribution < -0.4 is 10.6 Å². The van der Waals surface area contributed by atoms with Gasteiger partial charge in [-0.25, -0.2) is 15.0 Å². The first kappa shape index (κ1) is 15.7. The van der Waals surface area contributed by atoms with Crippen molar-refractivity contribution in [2.45, 2.75) is 20.3 Å². The first-order valence-electron chi connectivity index (χ1n) is 7.65. The average Bonchev–Trinajstić information content (AvgIpc) is 3.10. The molecule has 0 saturated carbocycles. The molecule has 2 N–H and O–H groups in total. The summed E-state index contributed by atoms with van der Waals surface area (Å²) in [6.07, 6.45) is 5.68. The van der Waals surface area contributed by atoms with Crippen LogP contribution in [0.2, 0.25) is 0 Å². The lowest BCUT2D eigenvalue weighted by Gasteiger charge is -2.10. The monoisotopic (exact) mass is 322 g/mol. The highest BCUT2D eigenvalue weighted by molar-refractivity contribution is 5.90. The van der Waals surface area contributed by atoms with E-state index >= 15 is 0 Å². The Morgan fingerprint density at radius 3 is 2.58 bits per heavy atom. The number of carbonyl (C=O) groups is 1. The molecular weight excluding hydrogens is 304 g/mol. The van der Waals surface area contributed by atoms with Gasteiger partial charge in [0.2, 0.25) is 5.91 Å². The van der Waals surface area contributed by atoms with E-state index in [1.54, 1.807) is 12.5 Å². The number of imidazole rings is 1. The van der Waals surface area contributed by atoms with Crippen molar-refractivity contribution in [2.75, 3.05) is 10.6 Å². The number of benzene rings is 1. The Balaban J connectivity index is 1.77. The van der Waals surface area contributed by atoms with Gasteiger partial charge in [0, 0.05) is 36.3 Å². The summed E-state index contributed by atoms with van der Waals surface area (Å²) in [5.41, 5.74) is 1.64. The van der Waals surface area contributed by atoms with Crippen molar-refractivity contribution in [2.24, 2.45) is 0 Å². The summed E-state index contributed by atoms with van der Waals surface area (Å²) in [5.74, 6) is 2.09. The van der Waals surface area contributed by atoms with Crippen molar-refractivity contribution >= 4 is 23.1 Å². The molecule has 7 nitrogen and oxygen atoms in total. The predicted molar refractivity (Wildman–Crippen MR) is 92.5 cm³/mol. The van der Waals surface area contributed by atoms with Crippen LogP contribution in [-0.2, 0) is 4.79 Å². The van der Waals surface area contributed by atoms with E-state index in [2.05, 4.69) is 25.6 Å². The lowest BCUT2D eigenvalue weighted by Crippen LogP contribution is -2.09. The Labute approximate surface area is 139 Å². The molecule has 122 valence electrons. The van der Waals surface area contributed by atoms with E-state index in [4.69, 9.17) is 0 Å². The third kappa shape index (κ3) is 3.75. The smallest absolute Gasteiger partial charge is 0.224 e. The number of amides is 1. The molecule has 7 heteroatoms. The van der Waals surface area contributed by atoms with Crippen LogP contribution in [0.5, 0.6) is 0 Å². The molecule has 0 spiro atoms. The largest absolute Gasteiger partial charge is 0.340 e. The third-order valence-corrected chi connectivity index (χ3v) is 3.36. The lowest BCUT2D eigenvalue weighted by molar-refractivity contribution is -0.115. The molecule has 1 amide bonds. The minimum atomic E-state index is -0.00731. The summed E-state index contributed by atoms with van der Waals surface area (Å²) in [5, 5.41) is 6.06. The highest BCUT2D eigenvalue weighted by Gasteiger charge is 2.05. The van der Waals surface area contributed by atoms with Crippen LogP contribution in [0, 0.1) is 6.92 Å². The minimum Gasteiger partial charge on any atom is -0.340 e. The summed E-state index contributed by atoms with van der Waals surface area (Å²) in [6.45, 7) is 3.66. The molecule has 0 saturated heterocycles. The van der Waals surface area contributed by atoms with Gasteiger partial charge in [0.25, 0.3) is 0 Å². The van der Waals surface area contributed by atoms with Crippen LogP contribution >= 0.6 is 0 Å². The zero-order chi connectivity index (χ0) is 16.9. The Morgan fingerprint density at radius 2 is 1.92 bits per heavy atom. The quantitative estimate of drug-likeness (QED) is 0.754. The Bertz CT molecular complexity index is 827. The normalized spacial score (nSPS) is 10.4. The van der Waals surface area contributed by atoms with Crippen molar-refractivity contribution in [3.63, 3.8) is 0 Å². The van der Waals surface area contributed by atoms with Gasteiger partial charge in [0.1, 0.15) is 23.8 Å². The van der Waals surface area contributed by atoms with Gasteiger partial charge in [0.15, 0.2) is 0 Å². The second kappa shape index (κ2) is 6.91. The number of rotatable bonds is 5. The predicted octanol–water partition coefficient (Wildman–Crippen LogP) is 3.06. The number of anilines is 3. The minimum absolute atomic E-state index is 0.00731. The van der Waals surface area contributed by atoms with E-state index < -0.39 is 0 Å². The van der Waals surface area contributed by atoms with Crippen LogP contribution in [0.1, 0.15) is 19.2 Å². The van der Waals surface area contributed by atoms with Gasteiger partial charge in [0.05, 0.1) is 0 Å². The van der Waals surface area contributed by atoms with Gasteiger partial charge in [-0.05, 0) is 31.2 Å². The molecule has 0 aliphatic rings. The third-order valence-electron chi connectivity index (χ3n) is 3.36. The molecule has 0 atom stereocenters. The average molecular weight is 322 g/mol. The zero-order valence-electron chi connectivity index (χ0n) is 13.5. The van der Waals surface area contributed by atoms with Crippen LogP contribution in [-0.4, -0.2) is 25.4 Å². The molecule has 0 aliphatic heterocycles. The first-order chi connectivity index (χ1) is 11.6. The van der Waals surface area contributed by atoms with Crippen molar-refractivity contribution in [1.82, 2.24) is 19.5 Å². The number of hydrogen-bond acceptors (Lipinski definition) is 5. The molecule has 0 aliphatic carbocycles. The fourth-order valence-corrected chi connectivity index (χ4v) is 2.18. The van der Waals surface area contributed by atoms with Gasteiger partial charge in [-0.15, -0.1) is 0 Å². The van der Waals surface area contributed by atoms with Crippen LogP contribution in [0.25, 0.3) is 5.82 Å². The molecule has 1 aromatic carbocycles. The summed E-state index contributed by atoms with van der Waals surface area (Å²) in [7, 11) is 0. The molecule has 3 aromatic rings. The number of aryl methyl sites for hydroxylation is 1. The molecule has 2 aromatic heterocycles. The molecule has 0 fully saturated rings. The standard InChI is InChI=1S/C17H18N6O/c1-3-17(24)22-14-6-4-13(5-7-14)21-15-10-16(20-12(2)19-15)23-9-8-18-11-23/h4-11H,3H2,1-2H3,(H,22,24)(H,19,20,21). The van der Waals surface area contributed by atoms with E-state index in [0.717, 1.165) is 17.2 Å². The highest BCUT2D eigenvalue weighted by atomic mass is 16.1. The molecule has 0 bridgehead atoms. The molecule has 2 heterocycles. The van der Waals surface area contributed by atoms with Crippen molar-refractivity contribution in [1.29, 1.82) is 0 Å². The molecule has 3 rings (SSSR count). The SMILES string of the molecule is CCC(=O)Nc1ccc(Nc2cc(-n3ccnc3)nc(C)n2)cc1. The fraction of sp³-hybridized carbons (Fsp3) is 0.176. The first-order valence-corrected chi connectivity index (χ1v) is 7.65. The second-order valence-corrected chi connectivity index (χ2v) is 5.23. The van der Waals surface area contributed by atoms with Gasteiger partial charge >= 0.3 is 0 Å². The highest BCUT2D eigenvalue weighted by Crippen LogP contribution is 2.19. The van der Waals surface area contributed by atoms with Gasteiger partial charge in [-0.2, -0.15) is 0 Å². The summed E-state index contributed by atoms with van der Waals surface area (Å²) in [4.78, 5) is 24.2. The summed E-state index contributed by atoms with van der Waals surface area (Å²) >= 11 is 0. The molecular formula is C17H18N6O. The van der Waals surface area contributed by atoms with E-state index in [1.165, 1.54) is 0 Å². The summed E-state index contributed by atoms with van der Waals surface area (Å²) in [6, 6.07) is 9.32. The zero-order valence-corrected chi connectivity index (χ0v) is 13.5. The van der Waals surface area contributed by atoms with Gasteiger partial charge in [-0.1, -0.05) is 6.92 Å². The van der Waals surface area contributed by atoms with Crippen molar-refractivity contribution in [3.05, 3.63) is 54.9 Å². The van der Waals surface area contributed by atoms with Crippen LogP contribution in [0.15, 0.2) is 49.1 Å². The molecule has 0 radical (unpaired) electrons. The van der Waals surface area contributed by atoms with E-state index in [-0.39, 0.29) is 5.91 Å². The topological polar surface area (TPSA) is 84.7 Å². The number of hydrogen-bond donors (Lipinski definition) is 2. The number of nitrogens with zero attached hydrogens (tertiary/aromatic N) is 4. The van der Waals surface area contributed by atoms with Gasteiger partial charge < -0.3 is 10.6 Å². The maximum absolute atomic E-state index is 11.4. The van der Waals surface area contributed by atoms with E-state index in [9.17, 15) is 4.79 Å². The van der Waals surface area contributed by atoms with Crippen molar-refractivity contribution < 1.29 is 4.79 Å². The number of aromatic nitrogens is 4.